The molecule has 22 heavy (non-hydrogen) atoms. The first-order chi connectivity index (χ1) is 10.8. The fourth-order valence-corrected chi connectivity index (χ4v) is 3.32. The lowest BCUT2D eigenvalue weighted by Crippen LogP contribution is -2.23. The smallest absolute Gasteiger partial charge is 0.0932 e. The highest BCUT2D eigenvalue weighted by Crippen LogP contribution is 2.21. The summed E-state index contributed by atoms with van der Waals surface area (Å²) in [4.78, 5) is 0. The molecule has 0 bridgehead atoms. The second kappa shape index (κ2) is 14.5. The van der Waals surface area contributed by atoms with E-state index in [1.807, 2.05) is 0 Å². The molecule has 0 amide bonds. The molecule has 0 aliphatic heterocycles. The highest BCUT2D eigenvalue weighted by atomic mass is 16.5. The summed E-state index contributed by atoms with van der Waals surface area (Å²) in [6.07, 6.45) is 19.8. The first kappa shape index (κ1) is 20.0. The quantitative estimate of drug-likeness (QED) is 0.348. The molecule has 0 heterocycles. The van der Waals surface area contributed by atoms with E-state index in [-0.39, 0.29) is 6.10 Å². The molecule has 1 saturated carbocycles. The van der Waals surface area contributed by atoms with E-state index >= 15 is 0 Å². The molecule has 0 unspecified atom stereocenters. The zero-order valence-corrected chi connectivity index (χ0v) is 14.7. The molecular weight excluding hydrogens is 272 g/mol. The van der Waals surface area contributed by atoms with Gasteiger partial charge in [-0.15, -0.1) is 0 Å². The molecule has 0 N–H and O–H groups in total. The molecule has 0 aromatic heterocycles. The van der Waals surface area contributed by atoms with Gasteiger partial charge in [0, 0.05) is 6.61 Å². The highest BCUT2D eigenvalue weighted by molar-refractivity contribution is 4.71. The van der Waals surface area contributed by atoms with Crippen molar-refractivity contribution in [3.8, 4) is 0 Å². The Hall–Kier alpha value is -0.0800. The summed E-state index contributed by atoms with van der Waals surface area (Å²) in [5.41, 5.74) is 0. The average molecular weight is 311 g/mol. The van der Waals surface area contributed by atoms with Crippen molar-refractivity contribution in [2.45, 2.75) is 115 Å². The van der Waals surface area contributed by atoms with Gasteiger partial charge in [0.05, 0.1) is 12.2 Å². The van der Waals surface area contributed by atoms with E-state index in [1.54, 1.807) is 0 Å². The van der Waals surface area contributed by atoms with E-state index in [0.29, 0.717) is 6.10 Å². The average Bonchev–Trinajstić information content (AvgIpc) is 2.53. The predicted octanol–water partition coefficient (Wildman–Crippen LogP) is 6.26. The molecule has 2 nitrogen and oxygen atoms in total. The molecule has 1 rings (SSSR count). The molecular formula is C20H38O2. The third-order valence-corrected chi connectivity index (χ3v) is 4.87. The molecule has 130 valence electrons. The van der Waals surface area contributed by atoms with Crippen LogP contribution in [-0.4, -0.2) is 18.8 Å². The zero-order valence-electron chi connectivity index (χ0n) is 14.7. The summed E-state index contributed by atoms with van der Waals surface area (Å²) in [6.45, 7) is 4.79. The molecule has 1 fully saturated rings. The van der Waals surface area contributed by atoms with Crippen molar-refractivity contribution in [1.29, 1.82) is 0 Å². The maximum absolute atomic E-state index is 11.2. The second-order valence-electron chi connectivity index (χ2n) is 7.01. The summed E-state index contributed by atoms with van der Waals surface area (Å²) >= 11 is 0. The SMILES string of the molecule is [CH2]CCCCCCCCCCCCCOC1CCC([O])CC1. The van der Waals surface area contributed by atoms with Crippen molar-refractivity contribution >= 4 is 0 Å². The van der Waals surface area contributed by atoms with Crippen molar-refractivity contribution < 1.29 is 9.84 Å². The van der Waals surface area contributed by atoms with Gasteiger partial charge in [0.2, 0.25) is 0 Å². The van der Waals surface area contributed by atoms with E-state index in [2.05, 4.69) is 6.92 Å². The van der Waals surface area contributed by atoms with Gasteiger partial charge in [-0.05, 0) is 32.1 Å². The predicted molar refractivity (Wildman–Crippen MR) is 93.4 cm³/mol. The monoisotopic (exact) mass is 310 g/mol. The van der Waals surface area contributed by atoms with Crippen LogP contribution in [0.1, 0.15) is 103 Å². The standard InChI is InChI=1S/C20H38O2/c1-2-3-4-5-6-7-8-9-10-11-12-13-18-22-20-16-14-19(21)15-17-20/h19-20H,1-18H2. The maximum Gasteiger partial charge on any atom is 0.0932 e. The van der Waals surface area contributed by atoms with E-state index in [1.165, 1.54) is 70.6 Å². The van der Waals surface area contributed by atoms with Gasteiger partial charge in [-0.2, -0.15) is 0 Å². The number of unbranched alkanes of at least 4 members (excludes halogenated alkanes) is 11. The van der Waals surface area contributed by atoms with E-state index < -0.39 is 0 Å². The number of rotatable bonds is 14. The van der Waals surface area contributed by atoms with Crippen LogP contribution in [0.2, 0.25) is 0 Å². The molecule has 0 aromatic rings. The minimum absolute atomic E-state index is 0.316. The summed E-state index contributed by atoms with van der Waals surface area (Å²) in [5, 5.41) is 11.2. The van der Waals surface area contributed by atoms with Gasteiger partial charge in [-0.25, -0.2) is 5.11 Å². The molecule has 2 heteroatoms. The summed E-state index contributed by atoms with van der Waals surface area (Å²) in [5.74, 6) is 0. The van der Waals surface area contributed by atoms with Crippen molar-refractivity contribution in [3.05, 3.63) is 6.92 Å². The van der Waals surface area contributed by atoms with Crippen LogP contribution < -0.4 is 0 Å². The Kier molecular flexibility index (Phi) is 13.2. The lowest BCUT2D eigenvalue weighted by Gasteiger charge is -2.24. The molecule has 0 aromatic carbocycles. The number of ether oxygens (including phenoxy) is 1. The molecule has 0 spiro atoms. The maximum atomic E-state index is 11.2. The Morgan fingerprint density at radius 1 is 0.682 bits per heavy atom. The van der Waals surface area contributed by atoms with Crippen LogP contribution in [0.4, 0.5) is 0 Å². The fourth-order valence-electron chi connectivity index (χ4n) is 3.32. The van der Waals surface area contributed by atoms with Crippen molar-refractivity contribution in [3.63, 3.8) is 0 Å². The minimum atomic E-state index is -0.316. The van der Waals surface area contributed by atoms with E-state index in [9.17, 15) is 5.11 Å². The number of hydrogen-bond donors (Lipinski definition) is 0. The molecule has 0 saturated heterocycles. The third kappa shape index (κ3) is 11.5. The van der Waals surface area contributed by atoms with Crippen LogP contribution in [0, 0.1) is 6.92 Å². The molecule has 1 aliphatic rings. The Balaban J connectivity index is 1.71. The molecule has 0 atom stereocenters. The molecule has 1 aliphatic carbocycles. The van der Waals surface area contributed by atoms with Crippen molar-refractivity contribution in [1.82, 2.24) is 0 Å². The van der Waals surface area contributed by atoms with Crippen LogP contribution in [0.3, 0.4) is 0 Å². The Labute approximate surface area is 139 Å². The van der Waals surface area contributed by atoms with Gasteiger partial charge in [0.1, 0.15) is 0 Å². The second-order valence-corrected chi connectivity index (χ2v) is 7.01. The van der Waals surface area contributed by atoms with Crippen molar-refractivity contribution in [2.24, 2.45) is 0 Å². The normalized spacial score (nSPS) is 22.1. The first-order valence-corrected chi connectivity index (χ1v) is 9.89. The Morgan fingerprint density at radius 3 is 1.64 bits per heavy atom. The Morgan fingerprint density at radius 2 is 1.14 bits per heavy atom. The number of hydrogen-bond acceptors (Lipinski definition) is 1. The lowest BCUT2D eigenvalue weighted by atomic mass is 9.95. The van der Waals surface area contributed by atoms with E-state index in [4.69, 9.17) is 4.74 Å². The van der Waals surface area contributed by atoms with Crippen LogP contribution in [0.15, 0.2) is 0 Å². The minimum Gasteiger partial charge on any atom is -0.378 e. The van der Waals surface area contributed by atoms with Gasteiger partial charge in [-0.1, -0.05) is 77.6 Å². The van der Waals surface area contributed by atoms with Crippen LogP contribution in [-0.2, 0) is 9.84 Å². The van der Waals surface area contributed by atoms with Gasteiger partial charge < -0.3 is 4.74 Å². The highest BCUT2D eigenvalue weighted by Gasteiger charge is 2.20. The van der Waals surface area contributed by atoms with Gasteiger partial charge in [0.25, 0.3) is 0 Å². The van der Waals surface area contributed by atoms with Crippen LogP contribution in [0.25, 0.3) is 0 Å². The van der Waals surface area contributed by atoms with Gasteiger partial charge in [-0.3, -0.25) is 0 Å². The fraction of sp³-hybridized carbons (Fsp3) is 0.950. The summed E-state index contributed by atoms with van der Waals surface area (Å²) in [6, 6.07) is 0. The molecule has 2 radical (unpaired) electrons. The lowest BCUT2D eigenvalue weighted by molar-refractivity contribution is -0.0244. The van der Waals surface area contributed by atoms with Gasteiger partial charge in [0.15, 0.2) is 0 Å². The topological polar surface area (TPSA) is 29.1 Å². The summed E-state index contributed by atoms with van der Waals surface area (Å²) < 4.78 is 5.88. The Bertz CT molecular complexity index is 222. The van der Waals surface area contributed by atoms with Crippen LogP contribution in [0.5, 0.6) is 0 Å². The van der Waals surface area contributed by atoms with E-state index in [0.717, 1.165) is 38.7 Å². The largest absolute Gasteiger partial charge is 0.378 e. The zero-order chi connectivity index (χ0) is 15.9. The first-order valence-electron chi connectivity index (χ1n) is 9.89. The summed E-state index contributed by atoms with van der Waals surface area (Å²) in [7, 11) is 0. The van der Waals surface area contributed by atoms with Crippen LogP contribution >= 0.6 is 0 Å². The van der Waals surface area contributed by atoms with Crippen molar-refractivity contribution in [2.75, 3.05) is 6.61 Å². The third-order valence-electron chi connectivity index (χ3n) is 4.87. The van der Waals surface area contributed by atoms with Gasteiger partial charge >= 0.3 is 0 Å².